The summed E-state index contributed by atoms with van der Waals surface area (Å²) in [7, 11) is -2.37. The van der Waals surface area contributed by atoms with Crippen molar-refractivity contribution in [3.8, 4) is 0 Å². The zero-order valence-corrected chi connectivity index (χ0v) is 20.0. The molecule has 4 atom stereocenters. The Kier molecular flexibility index (Phi) is 4.67. The molecule has 1 saturated carbocycles. The van der Waals surface area contributed by atoms with Gasteiger partial charge in [0.2, 0.25) is 10.0 Å². The average molecular weight is 500 g/mol. The van der Waals surface area contributed by atoms with Gasteiger partial charge in [0.1, 0.15) is 5.60 Å². The molecule has 1 aliphatic heterocycles. The molecular weight excluding hydrogens is 475 g/mol. The monoisotopic (exact) mass is 499 g/mol. The van der Waals surface area contributed by atoms with Gasteiger partial charge in [-0.2, -0.15) is 17.5 Å². The second-order valence-corrected chi connectivity index (χ2v) is 11.7. The molecule has 182 valence electrons. The van der Waals surface area contributed by atoms with Gasteiger partial charge < -0.3 is 4.74 Å². The van der Waals surface area contributed by atoms with E-state index in [4.69, 9.17) is 4.74 Å². The van der Waals surface area contributed by atoms with E-state index in [-0.39, 0.29) is 10.8 Å². The highest BCUT2D eigenvalue weighted by atomic mass is 32.2. The Bertz CT molecular complexity index is 1420. The van der Waals surface area contributed by atoms with Crippen LogP contribution in [-0.2, 0) is 32.0 Å². The third kappa shape index (κ3) is 2.90. The minimum atomic E-state index is -4.47. The molecule has 2 fully saturated rings. The van der Waals surface area contributed by atoms with Crippen LogP contribution in [0.1, 0.15) is 34.2 Å². The van der Waals surface area contributed by atoms with Gasteiger partial charge in [-0.3, -0.25) is 0 Å². The number of methoxy groups -OCH3 is 1. The molecule has 3 aliphatic rings. The van der Waals surface area contributed by atoms with E-state index >= 15 is 0 Å². The van der Waals surface area contributed by atoms with Crippen molar-refractivity contribution in [3.05, 3.63) is 101 Å². The Balaban J connectivity index is 1.56. The molecule has 3 aromatic carbocycles. The van der Waals surface area contributed by atoms with E-state index in [0.29, 0.717) is 12.1 Å². The van der Waals surface area contributed by atoms with E-state index in [2.05, 4.69) is 0 Å². The second-order valence-electron chi connectivity index (χ2n) is 9.79. The fraction of sp³-hybridized carbons (Fsp3) is 0.333. The Labute approximate surface area is 202 Å². The zero-order valence-electron chi connectivity index (χ0n) is 19.2. The molecule has 6 rings (SSSR count). The van der Waals surface area contributed by atoms with Crippen LogP contribution in [0.25, 0.3) is 0 Å². The van der Waals surface area contributed by atoms with Crippen LogP contribution in [0.4, 0.5) is 13.2 Å². The van der Waals surface area contributed by atoms with Gasteiger partial charge in [0.15, 0.2) is 0 Å². The van der Waals surface area contributed by atoms with Crippen molar-refractivity contribution in [2.24, 2.45) is 5.92 Å². The van der Waals surface area contributed by atoms with E-state index in [1.54, 1.807) is 24.3 Å². The number of ether oxygens (including phenoxy) is 1. The summed E-state index contributed by atoms with van der Waals surface area (Å²) in [6.07, 6.45) is -3.65. The largest absolute Gasteiger partial charge is 0.416 e. The quantitative estimate of drug-likeness (QED) is 0.493. The van der Waals surface area contributed by atoms with Crippen LogP contribution < -0.4 is 0 Å². The number of fused-ring (bicyclic) bond motifs is 1. The first-order valence-corrected chi connectivity index (χ1v) is 12.9. The van der Waals surface area contributed by atoms with Crippen LogP contribution in [0.3, 0.4) is 0 Å². The summed E-state index contributed by atoms with van der Waals surface area (Å²) in [5.74, 6) is 0.125. The van der Waals surface area contributed by atoms with Gasteiger partial charge in [0.05, 0.1) is 16.5 Å². The Morgan fingerprint density at radius 1 is 0.943 bits per heavy atom. The highest BCUT2D eigenvalue weighted by molar-refractivity contribution is 7.89. The number of hydrogen-bond acceptors (Lipinski definition) is 3. The van der Waals surface area contributed by atoms with Crippen molar-refractivity contribution >= 4 is 10.0 Å². The van der Waals surface area contributed by atoms with Crippen LogP contribution in [0.2, 0.25) is 0 Å². The van der Waals surface area contributed by atoms with E-state index in [9.17, 15) is 21.6 Å². The SMILES string of the molecule is CO[C@]1(c2ccc(C(F)(F)F)cc2)c2ccccc2[C@]23C[C@H]2CN(S(=O)(=O)c2ccc(C)cc2)[C@H]13. The number of halogens is 3. The van der Waals surface area contributed by atoms with Crippen LogP contribution in [0, 0.1) is 12.8 Å². The Morgan fingerprint density at radius 2 is 1.57 bits per heavy atom. The molecule has 0 N–H and O–H groups in total. The fourth-order valence-electron chi connectivity index (χ4n) is 6.54. The molecule has 0 unspecified atom stereocenters. The van der Waals surface area contributed by atoms with Crippen molar-refractivity contribution in [2.75, 3.05) is 13.7 Å². The molecule has 1 spiro atoms. The number of alkyl halides is 3. The molecule has 2 aliphatic carbocycles. The van der Waals surface area contributed by atoms with E-state index in [1.165, 1.54) is 23.5 Å². The molecule has 1 heterocycles. The van der Waals surface area contributed by atoms with Crippen molar-refractivity contribution < 1.29 is 26.3 Å². The summed E-state index contributed by atoms with van der Waals surface area (Å²) in [4.78, 5) is 0.202. The van der Waals surface area contributed by atoms with Crippen molar-refractivity contribution in [1.29, 1.82) is 0 Å². The minimum absolute atomic E-state index is 0.125. The van der Waals surface area contributed by atoms with Gasteiger partial charge in [0, 0.05) is 19.1 Å². The number of benzene rings is 3. The lowest BCUT2D eigenvalue weighted by Gasteiger charge is -2.41. The van der Waals surface area contributed by atoms with Gasteiger partial charge in [-0.1, -0.05) is 54.1 Å². The molecule has 0 radical (unpaired) electrons. The van der Waals surface area contributed by atoms with Crippen LogP contribution >= 0.6 is 0 Å². The van der Waals surface area contributed by atoms with Gasteiger partial charge in [-0.25, -0.2) is 8.42 Å². The molecule has 3 aromatic rings. The minimum Gasteiger partial charge on any atom is -0.367 e. The summed E-state index contributed by atoms with van der Waals surface area (Å²) in [5, 5.41) is 0. The lowest BCUT2D eigenvalue weighted by Crippen LogP contribution is -2.53. The molecule has 4 nitrogen and oxygen atoms in total. The highest BCUT2D eigenvalue weighted by Crippen LogP contribution is 2.73. The Morgan fingerprint density at radius 3 is 2.17 bits per heavy atom. The van der Waals surface area contributed by atoms with Gasteiger partial charge in [-0.15, -0.1) is 0 Å². The third-order valence-electron chi connectivity index (χ3n) is 8.13. The van der Waals surface area contributed by atoms with Gasteiger partial charge in [-0.05, 0) is 60.2 Å². The predicted molar refractivity (Wildman–Crippen MR) is 124 cm³/mol. The van der Waals surface area contributed by atoms with Gasteiger partial charge >= 0.3 is 6.18 Å². The third-order valence-corrected chi connectivity index (χ3v) is 9.98. The molecule has 0 bridgehead atoms. The van der Waals surface area contributed by atoms with E-state index in [1.807, 2.05) is 31.2 Å². The first-order valence-electron chi connectivity index (χ1n) is 11.5. The number of sulfonamides is 1. The summed E-state index contributed by atoms with van der Waals surface area (Å²) in [6.45, 7) is 2.24. The number of nitrogens with zero attached hydrogens (tertiary/aromatic N) is 1. The Hall–Kier alpha value is -2.68. The van der Waals surface area contributed by atoms with Crippen molar-refractivity contribution in [3.63, 3.8) is 0 Å². The normalized spacial score (nSPS) is 29.5. The zero-order chi connectivity index (χ0) is 24.8. The van der Waals surface area contributed by atoms with Crippen LogP contribution in [-0.4, -0.2) is 32.4 Å². The number of hydrogen-bond donors (Lipinski definition) is 0. The maximum atomic E-state index is 13.9. The van der Waals surface area contributed by atoms with Crippen molar-refractivity contribution in [2.45, 2.75) is 41.5 Å². The smallest absolute Gasteiger partial charge is 0.367 e. The molecule has 0 aromatic heterocycles. The summed E-state index contributed by atoms with van der Waals surface area (Å²) in [5.41, 5.74) is 0.898. The van der Waals surface area contributed by atoms with Crippen LogP contribution in [0.15, 0.2) is 77.7 Å². The average Bonchev–Trinajstić information content (AvgIpc) is 3.35. The molecule has 35 heavy (non-hydrogen) atoms. The highest BCUT2D eigenvalue weighted by Gasteiger charge is 2.78. The van der Waals surface area contributed by atoms with E-state index in [0.717, 1.165) is 35.2 Å². The second kappa shape index (κ2) is 7.18. The molecule has 0 amide bonds. The predicted octanol–water partition coefficient (Wildman–Crippen LogP) is 5.25. The molecule has 1 saturated heterocycles. The lowest BCUT2D eigenvalue weighted by molar-refractivity contribution is -0.137. The van der Waals surface area contributed by atoms with Gasteiger partial charge in [0.25, 0.3) is 0 Å². The molecule has 8 heteroatoms. The number of piperidine rings is 1. The topological polar surface area (TPSA) is 46.6 Å². The summed E-state index contributed by atoms with van der Waals surface area (Å²) < 4.78 is 75.6. The van der Waals surface area contributed by atoms with Crippen molar-refractivity contribution in [1.82, 2.24) is 4.31 Å². The summed E-state index contributed by atoms with van der Waals surface area (Å²) in [6, 6.07) is 18.8. The first-order chi connectivity index (χ1) is 16.6. The standard InChI is InChI=1S/C27H24F3NO3S/c1-17-7-13-21(14-8-17)35(32,33)31-16-20-15-25(20)22-5-3-4-6-23(22)26(34-2,24(25)31)18-9-11-19(12-10-18)27(28,29)30/h3-14,20,24H,15-16H2,1-2H3/t20-,24-,25-,26+/m0/s1. The summed E-state index contributed by atoms with van der Waals surface area (Å²) >= 11 is 0. The maximum Gasteiger partial charge on any atom is 0.416 e. The molecular formula is C27H24F3NO3S. The fourth-order valence-corrected chi connectivity index (χ4v) is 8.28. The maximum absolute atomic E-state index is 13.9. The van der Waals surface area contributed by atoms with E-state index < -0.39 is 38.8 Å². The van der Waals surface area contributed by atoms with Crippen LogP contribution in [0.5, 0.6) is 0 Å². The lowest BCUT2D eigenvalue weighted by atomic mass is 9.82. The number of rotatable bonds is 4. The first kappa shape index (κ1) is 22.8. The number of aryl methyl sites for hydroxylation is 1.